The van der Waals surface area contributed by atoms with Crippen molar-refractivity contribution in [2.45, 2.75) is 13.1 Å². The van der Waals surface area contributed by atoms with Crippen LogP contribution in [0.5, 0.6) is 0 Å². The fourth-order valence-electron chi connectivity index (χ4n) is 2.84. The van der Waals surface area contributed by atoms with Crippen LogP contribution in [0.15, 0.2) is 50.8 Å². The Morgan fingerprint density at radius 1 is 1.37 bits per heavy atom. The second-order valence-electron chi connectivity index (χ2n) is 5.93. The number of nitrogens with one attached hydrogen (secondary N) is 1. The van der Waals surface area contributed by atoms with Crippen molar-refractivity contribution in [1.29, 1.82) is 0 Å². The number of carbonyl (C=O) groups excluding carboxylic acids is 1. The molecule has 1 aliphatic rings. The molecule has 0 aromatic heterocycles. The summed E-state index contributed by atoms with van der Waals surface area (Å²) in [7, 11) is 1.98. The van der Waals surface area contributed by atoms with Crippen molar-refractivity contribution < 1.29 is 4.79 Å². The van der Waals surface area contributed by atoms with E-state index in [2.05, 4.69) is 55.6 Å². The summed E-state index contributed by atoms with van der Waals surface area (Å²) in [6.07, 6.45) is -0.0438. The highest BCUT2D eigenvalue weighted by atomic mass is 79.9. The molecule has 27 heavy (non-hydrogen) atoms. The third kappa shape index (κ3) is 4.48. The number of benzene rings is 1. The summed E-state index contributed by atoms with van der Waals surface area (Å²) in [5.41, 5.74) is 18.7. The van der Waals surface area contributed by atoms with E-state index >= 15 is 0 Å². The number of hydrogen-bond donors (Lipinski definition) is 4. The lowest BCUT2D eigenvalue weighted by Gasteiger charge is -2.30. The van der Waals surface area contributed by atoms with Gasteiger partial charge in [0.2, 0.25) is 0 Å². The number of rotatable bonds is 6. The van der Waals surface area contributed by atoms with Crippen LogP contribution in [0.3, 0.4) is 0 Å². The van der Waals surface area contributed by atoms with Gasteiger partial charge in [0.05, 0.1) is 23.5 Å². The van der Waals surface area contributed by atoms with Gasteiger partial charge in [-0.2, -0.15) is 0 Å². The third-order valence-electron chi connectivity index (χ3n) is 4.29. The molecule has 1 amide bonds. The molecule has 0 spiro atoms. The van der Waals surface area contributed by atoms with Crippen LogP contribution in [-0.4, -0.2) is 38.0 Å². The maximum absolute atomic E-state index is 12.4. The van der Waals surface area contributed by atoms with Crippen LogP contribution in [-0.2, 0) is 4.79 Å². The highest BCUT2D eigenvalue weighted by Gasteiger charge is 2.33. The molecule has 0 fully saturated rings. The number of fused-ring (bicyclic) bond motifs is 1. The second kappa shape index (κ2) is 8.53. The Hall–Kier alpha value is -2.39. The largest absolute Gasteiger partial charge is 0.386 e. The van der Waals surface area contributed by atoms with E-state index in [1.807, 2.05) is 19.2 Å². The van der Waals surface area contributed by atoms with Crippen molar-refractivity contribution in [2.24, 2.45) is 22.2 Å². The quantitative estimate of drug-likeness (QED) is 0.222. The maximum atomic E-state index is 12.4. The molecule has 1 atom stereocenters. The zero-order valence-corrected chi connectivity index (χ0v) is 17.5. The van der Waals surface area contributed by atoms with E-state index in [0.717, 1.165) is 22.4 Å². The molecule has 1 unspecified atom stereocenters. The van der Waals surface area contributed by atoms with E-state index in [1.54, 1.807) is 0 Å². The number of nitrogens with two attached hydrogens (primary N) is 3. The van der Waals surface area contributed by atoms with Crippen LogP contribution in [0.25, 0.3) is 0 Å². The monoisotopic (exact) mass is 455 g/mol. The molecule has 0 aliphatic carbocycles. The van der Waals surface area contributed by atoms with Crippen LogP contribution in [0.4, 0.5) is 11.4 Å². The fourth-order valence-corrected chi connectivity index (χ4v) is 3.23. The number of aliphatic imine (C=N–C) groups is 1. The number of carbonyl (C=O) groups is 1. The standard InChI is InChI=1S/C17H23BrClN7O/c1-4-26-12-7-10(18)5-6-11(12)25(3)13(26)8-23-17(27)9(2)15(21)24-16(22)14(19)20/h5-7,13H,2,4,8,20,22H2,1,3H3,(H2,21,24)(H,23,27)/b16-14-. The molecule has 1 aliphatic heterocycles. The van der Waals surface area contributed by atoms with Gasteiger partial charge >= 0.3 is 0 Å². The molecule has 146 valence electrons. The number of amides is 1. The molecule has 10 heteroatoms. The summed E-state index contributed by atoms with van der Waals surface area (Å²) in [6, 6.07) is 6.09. The van der Waals surface area contributed by atoms with Crippen molar-refractivity contribution in [1.82, 2.24) is 5.32 Å². The number of anilines is 2. The molecule has 0 saturated carbocycles. The summed E-state index contributed by atoms with van der Waals surface area (Å²) in [5, 5.41) is 2.63. The highest BCUT2D eigenvalue weighted by Crippen LogP contribution is 2.39. The lowest BCUT2D eigenvalue weighted by Crippen LogP contribution is -2.49. The van der Waals surface area contributed by atoms with E-state index in [4.69, 9.17) is 28.8 Å². The normalized spacial score (nSPS) is 17.5. The van der Waals surface area contributed by atoms with Crippen molar-refractivity contribution >= 4 is 50.6 Å². The van der Waals surface area contributed by atoms with Crippen molar-refractivity contribution in [3.8, 4) is 0 Å². The number of hydrogen-bond acceptors (Lipinski definition) is 6. The second-order valence-corrected chi connectivity index (χ2v) is 7.25. The minimum Gasteiger partial charge on any atom is -0.386 e. The van der Waals surface area contributed by atoms with Gasteiger partial charge in [0, 0.05) is 18.1 Å². The van der Waals surface area contributed by atoms with Gasteiger partial charge in [-0.05, 0) is 25.1 Å². The zero-order valence-electron chi connectivity index (χ0n) is 15.2. The molecule has 7 N–H and O–H groups in total. The lowest BCUT2D eigenvalue weighted by molar-refractivity contribution is -0.117. The Bertz CT molecular complexity index is 819. The molecule has 0 bridgehead atoms. The molecule has 8 nitrogen and oxygen atoms in total. The lowest BCUT2D eigenvalue weighted by atomic mass is 10.2. The number of nitrogens with zero attached hydrogens (tertiary/aromatic N) is 3. The molecule has 1 aromatic carbocycles. The predicted molar refractivity (Wildman–Crippen MR) is 114 cm³/mol. The summed E-state index contributed by atoms with van der Waals surface area (Å²) >= 11 is 9.03. The minimum absolute atomic E-state index is 0.0141. The van der Waals surface area contributed by atoms with E-state index in [1.165, 1.54) is 0 Å². The first kappa shape index (κ1) is 20.9. The summed E-state index contributed by atoms with van der Waals surface area (Å²) in [6.45, 7) is 6.87. The molecule has 2 rings (SSSR count). The molecule has 0 radical (unpaired) electrons. The average Bonchev–Trinajstić information content (AvgIpc) is 2.89. The Morgan fingerprint density at radius 3 is 2.63 bits per heavy atom. The van der Waals surface area contributed by atoms with E-state index in [9.17, 15) is 4.79 Å². The van der Waals surface area contributed by atoms with Crippen molar-refractivity contribution in [2.75, 3.05) is 29.9 Å². The first-order chi connectivity index (χ1) is 12.7. The summed E-state index contributed by atoms with van der Waals surface area (Å²) in [5.74, 6) is -0.761. The zero-order chi connectivity index (χ0) is 20.3. The first-order valence-electron chi connectivity index (χ1n) is 8.18. The van der Waals surface area contributed by atoms with Gasteiger partial charge in [-0.3, -0.25) is 4.79 Å². The Labute approximate surface area is 171 Å². The highest BCUT2D eigenvalue weighted by molar-refractivity contribution is 9.10. The van der Waals surface area contributed by atoms with Crippen molar-refractivity contribution in [3.05, 3.63) is 45.8 Å². The van der Waals surface area contributed by atoms with Crippen LogP contribution < -0.4 is 32.3 Å². The fraction of sp³-hybridized carbons (Fsp3) is 0.294. The Balaban J connectivity index is 2.09. The van der Waals surface area contributed by atoms with Gasteiger partial charge < -0.3 is 32.3 Å². The first-order valence-corrected chi connectivity index (χ1v) is 9.35. The smallest absolute Gasteiger partial charge is 0.254 e. The van der Waals surface area contributed by atoms with Gasteiger partial charge in [0.1, 0.15) is 17.2 Å². The Morgan fingerprint density at radius 2 is 2.04 bits per heavy atom. The van der Waals surface area contributed by atoms with E-state index < -0.39 is 5.91 Å². The average molecular weight is 457 g/mol. The van der Waals surface area contributed by atoms with E-state index in [0.29, 0.717) is 6.54 Å². The van der Waals surface area contributed by atoms with Gasteiger partial charge in [0.25, 0.3) is 5.91 Å². The molecular weight excluding hydrogens is 434 g/mol. The Kier molecular flexibility index (Phi) is 6.61. The van der Waals surface area contributed by atoms with Gasteiger partial charge in [0.15, 0.2) is 5.82 Å². The van der Waals surface area contributed by atoms with Gasteiger partial charge in [-0.25, -0.2) is 4.99 Å². The van der Waals surface area contributed by atoms with Gasteiger partial charge in [-0.15, -0.1) is 0 Å². The molecule has 1 aromatic rings. The SMILES string of the molecule is C=C(C(=O)NCC1N(C)c2ccc(Br)cc2N1CC)/C(N)=N\C(N)=C(/N)Cl. The van der Waals surface area contributed by atoms with Gasteiger partial charge in [-0.1, -0.05) is 34.1 Å². The van der Waals surface area contributed by atoms with Crippen molar-refractivity contribution in [3.63, 3.8) is 0 Å². The van der Waals surface area contributed by atoms with Crippen LogP contribution in [0, 0.1) is 0 Å². The molecule has 0 saturated heterocycles. The number of likely N-dealkylation sites (N-methyl/N-ethyl adjacent to an activating group) is 2. The summed E-state index contributed by atoms with van der Waals surface area (Å²) < 4.78 is 0.999. The molecular formula is C17H23BrClN7O. The maximum Gasteiger partial charge on any atom is 0.254 e. The van der Waals surface area contributed by atoms with Crippen LogP contribution in [0.1, 0.15) is 6.92 Å². The summed E-state index contributed by atoms with van der Waals surface area (Å²) in [4.78, 5) is 20.5. The predicted octanol–water partition coefficient (Wildman–Crippen LogP) is 1.36. The topological polar surface area (TPSA) is 126 Å². The van der Waals surface area contributed by atoms with Crippen LogP contribution in [0.2, 0.25) is 0 Å². The number of halogens is 2. The van der Waals surface area contributed by atoms with E-state index in [-0.39, 0.29) is 28.6 Å². The van der Waals surface area contributed by atoms with Crippen LogP contribution >= 0.6 is 27.5 Å². The third-order valence-corrected chi connectivity index (χ3v) is 4.98. The minimum atomic E-state index is -0.446. The molecule has 1 heterocycles. The number of amidine groups is 1.